The molecule has 2 aliphatic rings. The number of hydrogen-bond acceptors (Lipinski definition) is 3. The maximum absolute atomic E-state index is 11.2. The molecular formula is C14H27NO2. The van der Waals surface area contributed by atoms with Crippen LogP contribution < -0.4 is 5.73 Å². The summed E-state index contributed by atoms with van der Waals surface area (Å²) in [6.07, 6.45) is 3.94. The average molecular weight is 241 g/mol. The molecular weight excluding hydrogens is 214 g/mol. The van der Waals surface area contributed by atoms with Crippen molar-refractivity contribution >= 4 is 0 Å². The molecule has 0 bridgehead atoms. The van der Waals surface area contributed by atoms with Crippen molar-refractivity contribution in [2.75, 3.05) is 19.8 Å². The highest BCUT2D eigenvalue weighted by atomic mass is 16.5. The second kappa shape index (κ2) is 4.22. The highest BCUT2D eigenvalue weighted by Crippen LogP contribution is 2.56. The summed E-state index contributed by atoms with van der Waals surface area (Å²) in [5, 5.41) is 11.2. The molecule has 3 atom stereocenters. The molecule has 3 nitrogen and oxygen atoms in total. The first-order valence-corrected chi connectivity index (χ1v) is 6.85. The summed E-state index contributed by atoms with van der Waals surface area (Å²) in [5.74, 6) is 0.308. The fourth-order valence-electron chi connectivity index (χ4n) is 4.22. The van der Waals surface area contributed by atoms with Crippen molar-refractivity contribution in [3.05, 3.63) is 0 Å². The summed E-state index contributed by atoms with van der Waals surface area (Å²) in [7, 11) is 0. The van der Waals surface area contributed by atoms with Crippen molar-refractivity contribution in [1.82, 2.24) is 0 Å². The molecule has 2 fully saturated rings. The summed E-state index contributed by atoms with van der Waals surface area (Å²) < 4.78 is 5.63. The van der Waals surface area contributed by atoms with E-state index in [4.69, 9.17) is 10.5 Å². The molecule has 3 unspecified atom stereocenters. The third kappa shape index (κ3) is 2.02. The number of rotatable bonds is 2. The number of aliphatic hydroxyl groups is 1. The number of hydrogen-bond donors (Lipinski definition) is 2. The van der Waals surface area contributed by atoms with Crippen LogP contribution in [0.25, 0.3) is 0 Å². The molecule has 17 heavy (non-hydrogen) atoms. The van der Waals surface area contributed by atoms with Gasteiger partial charge >= 0.3 is 0 Å². The Labute approximate surface area is 105 Å². The molecule has 0 amide bonds. The van der Waals surface area contributed by atoms with E-state index in [2.05, 4.69) is 20.8 Å². The SMILES string of the molecule is CC1CC(C)(C)CC1(O)C1(CN)CCCOC1. The second-order valence-electron chi connectivity index (χ2n) is 7.01. The van der Waals surface area contributed by atoms with Gasteiger partial charge in [0.05, 0.1) is 12.2 Å². The van der Waals surface area contributed by atoms with Gasteiger partial charge in [0.1, 0.15) is 0 Å². The second-order valence-corrected chi connectivity index (χ2v) is 7.01. The summed E-state index contributed by atoms with van der Waals surface area (Å²) in [6, 6.07) is 0. The van der Waals surface area contributed by atoms with Gasteiger partial charge < -0.3 is 15.6 Å². The third-order valence-corrected chi connectivity index (χ3v) is 5.05. The summed E-state index contributed by atoms with van der Waals surface area (Å²) in [4.78, 5) is 0. The van der Waals surface area contributed by atoms with E-state index in [1.54, 1.807) is 0 Å². The van der Waals surface area contributed by atoms with Gasteiger partial charge in [0.2, 0.25) is 0 Å². The minimum absolute atomic E-state index is 0.216. The zero-order valence-corrected chi connectivity index (χ0v) is 11.5. The molecule has 1 aliphatic carbocycles. The minimum Gasteiger partial charge on any atom is -0.389 e. The van der Waals surface area contributed by atoms with Gasteiger partial charge in [-0.15, -0.1) is 0 Å². The van der Waals surface area contributed by atoms with Crippen LogP contribution in [-0.4, -0.2) is 30.5 Å². The summed E-state index contributed by atoms with van der Waals surface area (Å²) in [5.41, 5.74) is 5.36. The normalized spacial score (nSPS) is 46.1. The highest BCUT2D eigenvalue weighted by molar-refractivity contribution is 5.10. The predicted molar refractivity (Wildman–Crippen MR) is 68.7 cm³/mol. The largest absolute Gasteiger partial charge is 0.389 e. The number of ether oxygens (including phenoxy) is 1. The van der Waals surface area contributed by atoms with Crippen LogP contribution in [0.3, 0.4) is 0 Å². The van der Waals surface area contributed by atoms with Crippen molar-refractivity contribution in [2.45, 2.75) is 52.1 Å². The molecule has 1 aliphatic heterocycles. The zero-order chi connectivity index (χ0) is 12.7. The Morgan fingerprint density at radius 1 is 1.41 bits per heavy atom. The quantitative estimate of drug-likeness (QED) is 0.776. The van der Waals surface area contributed by atoms with Gasteiger partial charge in [-0.25, -0.2) is 0 Å². The Morgan fingerprint density at radius 2 is 2.12 bits per heavy atom. The average Bonchev–Trinajstić information content (AvgIpc) is 2.49. The maximum Gasteiger partial charge on any atom is 0.0768 e. The monoisotopic (exact) mass is 241 g/mol. The van der Waals surface area contributed by atoms with Crippen LogP contribution in [0.2, 0.25) is 0 Å². The third-order valence-electron chi connectivity index (χ3n) is 5.05. The van der Waals surface area contributed by atoms with E-state index < -0.39 is 5.60 Å². The zero-order valence-electron chi connectivity index (χ0n) is 11.5. The molecule has 0 aromatic rings. The first-order chi connectivity index (χ1) is 7.85. The lowest BCUT2D eigenvalue weighted by Gasteiger charge is -2.49. The Hall–Kier alpha value is -0.120. The van der Waals surface area contributed by atoms with Crippen molar-refractivity contribution < 1.29 is 9.84 Å². The molecule has 0 spiro atoms. The first kappa shape index (κ1) is 13.3. The van der Waals surface area contributed by atoms with Gasteiger partial charge in [-0.3, -0.25) is 0 Å². The first-order valence-electron chi connectivity index (χ1n) is 6.85. The van der Waals surface area contributed by atoms with Gasteiger partial charge in [-0.1, -0.05) is 20.8 Å². The smallest absolute Gasteiger partial charge is 0.0768 e. The lowest BCUT2D eigenvalue weighted by molar-refractivity contribution is -0.161. The van der Waals surface area contributed by atoms with Crippen LogP contribution >= 0.6 is 0 Å². The van der Waals surface area contributed by atoms with Gasteiger partial charge in [-0.05, 0) is 37.0 Å². The van der Waals surface area contributed by atoms with Crippen molar-refractivity contribution in [3.8, 4) is 0 Å². The van der Waals surface area contributed by atoms with Crippen molar-refractivity contribution in [2.24, 2.45) is 22.5 Å². The van der Waals surface area contributed by atoms with Crippen molar-refractivity contribution in [1.29, 1.82) is 0 Å². The Bertz CT molecular complexity index is 284. The van der Waals surface area contributed by atoms with E-state index in [0.29, 0.717) is 19.1 Å². The molecule has 0 aromatic heterocycles. The van der Waals surface area contributed by atoms with Crippen LogP contribution in [-0.2, 0) is 4.74 Å². The molecule has 100 valence electrons. The van der Waals surface area contributed by atoms with E-state index in [9.17, 15) is 5.11 Å². The Balaban J connectivity index is 2.29. The molecule has 0 radical (unpaired) electrons. The van der Waals surface area contributed by atoms with Crippen LogP contribution in [0.1, 0.15) is 46.5 Å². The Morgan fingerprint density at radius 3 is 2.53 bits per heavy atom. The fraction of sp³-hybridized carbons (Fsp3) is 1.00. The molecule has 1 saturated heterocycles. The fourth-order valence-corrected chi connectivity index (χ4v) is 4.22. The van der Waals surface area contributed by atoms with E-state index in [1.165, 1.54) is 0 Å². The highest BCUT2D eigenvalue weighted by Gasteiger charge is 2.59. The van der Waals surface area contributed by atoms with Gasteiger partial charge in [0.15, 0.2) is 0 Å². The summed E-state index contributed by atoms with van der Waals surface area (Å²) >= 11 is 0. The van der Waals surface area contributed by atoms with E-state index >= 15 is 0 Å². The van der Waals surface area contributed by atoms with Crippen LogP contribution in [0.5, 0.6) is 0 Å². The summed E-state index contributed by atoms with van der Waals surface area (Å²) in [6.45, 7) is 8.63. The standard InChI is InChI=1S/C14H27NO2/c1-11-7-12(2,3)8-14(11,16)13(9-15)5-4-6-17-10-13/h11,16H,4-10,15H2,1-3H3. The predicted octanol–water partition coefficient (Wildman–Crippen LogP) is 1.93. The van der Waals surface area contributed by atoms with E-state index in [-0.39, 0.29) is 10.8 Å². The topological polar surface area (TPSA) is 55.5 Å². The lowest BCUT2D eigenvalue weighted by atomic mass is 9.64. The van der Waals surface area contributed by atoms with Crippen LogP contribution in [0.4, 0.5) is 0 Å². The van der Waals surface area contributed by atoms with Crippen LogP contribution in [0, 0.1) is 16.7 Å². The minimum atomic E-state index is -0.647. The lowest BCUT2D eigenvalue weighted by Crippen LogP contribution is -2.58. The molecule has 0 aromatic carbocycles. The maximum atomic E-state index is 11.2. The molecule has 1 heterocycles. The molecule has 3 heteroatoms. The molecule has 3 N–H and O–H groups in total. The van der Waals surface area contributed by atoms with Gasteiger partial charge in [0.25, 0.3) is 0 Å². The van der Waals surface area contributed by atoms with Crippen molar-refractivity contribution in [3.63, 3.8) is 0 Å². The van der Waals surface area contributed by atoms with Gasteiger partial charge in [0, 0.05) is 18.6 Å². The number of nitrogens with two attached hydrogens (primary N) is 1. The van der Waals surface area contributed by atoms with E-state index in [1.807, 2.05) is 0 Å². The molecule has 2 rings (SSSR count). The van der Waals surface area contributed by atoms with Gasteiger partial charge in [-0.2, -0.15) is 0 Å². The van der Waals surface area contributed by atoms with E-state index in [0.717, 1.165) is 32.3 Å². The molecule has 1 saturated carbocycles. The van der Waals surface area contributed by atoms with Crippen LogP contribution in [0.15, 0.2) is 0 Å². The Kier molecular flexibility index (Phi) is 3.30.